The normalized spacial score (nSPS) is 12.9. The van der Waals surface area contributed by atoms with Crippen LogP contribution < -0.4 is 15.0 Å². The molecule has 3 aromatic carbocycles. The Labute approximate surface area is 210 Å². The summed E-state index contributed by atoms with van der Waals surface area (Å²) in [6, 6.07) is 15.2. The lowest BCUT2D eigenvalue weighted by molar-refractivity contribution is -0.111. The fourth-order valence-electron chi connectivity index (χ4n) is 3.70. The largest absolute Gasteiger partial charge is 0.493 e. The summed E-state index contributed by atoms with van der Waals surface area (Å²) in [5.41, 5.74) is 3.01. The Kier molecular flexibility index (Phi) is 6.86. The highest BCUT2D eigenvalue weighted by atomic mass is 79.9. The predicted octanol–water partition coefficient (Wildman–Crippen LogP) is 6.26. The van der Waals surface area contributed by atoms with Crippen molar-refractivity contribution in [2.75, 3.05) is 16.8 Å². The number of hydrogen-bond donors (Lipinski definition) is 1. The van der Waals surface area contributed by atoms with Gasteiger partial charge in [0.05, 0.1) is 23.4 Å². The number of carbonyl (C=O) groups excluding carboxylic acids is 3. The molecule has 3 amide bonds. The van der Waals surface area contributed by atoms with Crippen molar-refractivity contribution in [3.8, 4) is 5.75 Å². The van der Waals surface area contributed by atoms with Crippen LogP contribution in [0.5, 0.6) is 5.75 Å². The molecule has 0 bridgehead atoms. The Bertz CT molecular complexity index is 1350. The van der Waals surface area contributed by atoms with Gasteiger partial charge in [0.15, 0.2) is 0 Å². The average molecular weight is 540 g/mol. The number of rotatable bonds is 6. The van der Waals surface area contributed by atoms with Crippen LogP contribution in [0.15, 0.2) is 65.1 Å². The number of carbonyl (C=O) groups is 3. The standard InChI is InChI=1S/C26H20BrClN2O4/c1-3-34-23-10-5-17(27)13-16(23)4-11-24(31)29-19-7-9-22(15(2)12-19)30-25(32)20-8-6-18(28)14-21(20)26(30)33/h4-14H,3H2,1-2H3,(H,29,31)/b11-4+. The molecule has 0 radical (unpaired) electrons. The van der Waals surface area contributed by atoms with E-state index in [1.165, 1.54) is 12.1 Å². The number of benzene rings is 3. The van der Waals surface area contributed by atoms with E-state index in [1.54, 1.807) is 43.3 Å². The Morgan fingerprint density at radius 1 is 1.06 bits per heavy atom. The molecule has 6 nitrogen and oxygen atoms in total. The number of hydrogen-bond acceptors (Lipinski definition) is 4. The summed E-state index contributed by atoms with van der Waals surface area (Å²) in [6.07, 6.45) is 3.09. The van der Waals surface area contributed by atoms with Crippen molar-refractivity contribution < 1.29 is 19.1 Å². The summed E-state index contributed by atoms with van der Waals surface area (Å²) in [6.45, 7) is 4.18. The lowest BCUT2D eigenvalue weighted by atomic mass is 10.1. The first-order valence-corrected chi connectivity index (χ1v) is 11.7. The molecule has 34 heavy (non-hydrogen) atoms. The average Bonchev–Trinajstić information content (AvgIpc) is 3.03. The molecule has 172 valence electrons. The van der Waals surface area contributed by atoms with Crippen LogP contribution in [0, 0.1) is 6.92 Å². The van der Waals surface area contributed by atoms with E-state index in [1.807, 2.05) is 25.1 Å². The van der Waals surface area contributed by atoms with Crippen molar-refractivity contribution in [3.63, 3.8) is 0 Å². The Balaban J connectivity index is 1.51. The summed E-state index contributed by atoms with van der Waals surface area (Å²) < 4.78 is 6.47. The minimum absolute atomic E-state index is 0.276. The molecule has 1 N–H and O–H groups in total. The molecule has 0 aliphatic carbocycles. The van der Waals surface area contributed by atoms with E-state index >= 15 is 0 Å². The fraction of sp³-hybridized carbons (Fsp3) is 0.115. The summed E-state index contributed by atoms with van der Waals surface area (Å²) in [5, 5.41) is 3.19. The lowest BCUT2D eigenvalue weighted by Gasteiger charge is -2.17. The highest BCUT2D eigenvalue weighted by Gasteiger charge is 2.37. The maximum absolute atomic E-state index is 12.8. The number of nitrogens with one attached hydrogen (secondary N) is 1. The van der Waals surface area contributed by atoms with Gasteiger partial charge in [0.1, 0.15) is 5.75 Å². The molecule has 0 saturated heterocycles. The van der Waals surface area contributed by atoms with Gasteiger partial charge in [0.2, 0.25) is 5.91 Å². The van der Waals surface area contributed by atoms with Crippen molar-refractivity contribution in [1.29, 1.82) is 0 Å². The molecular weight excluding hydrogens is 520 g/mol. The maximum Gasteiger partial charge on any atom is 0.266 e. The van der Waals surface area contributed by atoms with Gasteiger partial charge in [0, 0.05) is 26.8 Å². The number of imide groups is 1. The first-order chi connectivity index (χ1) is 16.3. The fourth-order valence-corrected chi connectivity index (χ4v) is 4.25. The molecule has 0 aromatic heterocycles. The van der Waals surface area contributed by atoms with E-state index in [9.17, 15) is 14.4 Å². The number of nitrogens with zero attached hydrogens (tertiary/aromatic N) is 1. The second kappa shape index (κ2) is 9.83. The van der Waals surface area contributed by atoms with Crippen molar-refractivity contribution in [2.24, 2.45) is 0 Å². The van der Waals surface area contributed by atoms with Crippen LogP contribution in [0.3, 0.4) is 0 Å². The van der Waals surface area contributed by atoms with Gasteiger partial charge >= 0.3 is 0 Å². The van der Waals surface area contributed by atoms with Gasteiger partial charge in [-0.25, -0.2) is 4.90 Å². The van der Waals surface area contributed by atoms with Crippen molar-refractivity contribution in [2.45, 2.75) is 13.8 Å². The number of halogens is 2. The molecule has 3 aromatic rings. The summed E-state index contributed by atoms with van der Waals surface area (Å²) in [4.78, 5) is 39.3. The topological polar surface area (TPSA) is 75.7 Å². The molecule has 1 heterocycles. The SMILES string of the molecule is CCOc1ccc(Br)cc1/C=C/C(=O)Nc1ccc(N2C(=O)c3ccc(Cl)cc3C2=O)c(C)c1. The monoisotopic (exact) mass is 538 g/mol. The third-order valence-electron chi connectivity index (χ3n) is 5.24. The first-order valence-electron chi connectivity index (χ1n) is 10.5. The van der Waals surface area contributed by atoms with E-state index in [-0.39, 0.29) is 11.5 Å². The van der Waals surface area contributed by atoms with E-state index < -0.39 is 11.8 Å². The summed E-state index contributed by atoms with van der Waals surface area (Å²) >= 11 is 9.41. The predicted molar refractivity (Wildman–Crippen MR) is 137 cm³/mol. The molecule has 4 rings (SSSR count). The van der Waals surface area contributed by atoms with Crippen LogP contribution in [0.4, 0.5) is 11.4 Å². The van der Waals surface area contributed by atoms with E-state index in [0.717, 1.165) is 14.9 Å². The highest BCUT2D eigenvalue weighted by Crippen LogP contribution is 2.33. The van der Waals surface area contributed by atoms with Gasteiger partial charge in [-0.3, -0.25) is 14.4 Å². The molecule has 0 atom stereocenters. The lowest BCUT2D eigenvalue weighted by Crippen LogP contribution is -2.30. The van der Waals surface area contributed by atoms with Crippen LogP contribution in [0.25, 0.3) is 6.08 Å². The maximum atomic E-state index is 12.8. The number of aryl methyl sites for hydroxylation is 1. The van der Waals surface area contributed by atoms with E-state index in [0.29, 0.717) is 39.9 Å². The second-order valence-corrected chi connectivity index (χ2v) is 8.93. The molecule has 0 unspecified atom stereocenters. The molecule has 1 aliphatic heterocycles. The number of ether oxygens (including phenoxy) is 1. The minimum atomic E-state index is -0.426. The van der Waals surface area contributed by atoms with Crippen molar-refractivity contribution in [1.82, 2.24) is 0 Å². The van der Waals surface area contributed by atoms with E-state index in [4.69, 9.17) is 16.3 Å². The van der Waals surface area contributed by atoms with Crippen LogP contribution in [-0.4, -0.2) is 24.3 Å². The molecule has 0 fully saturated rings. The third-order valence-corrected chi connectivity index (χ3v) is 5.97. The Hall–Kier alpha value is -3.42. The first kappa shape index (κ1) is 23.7. The quantitative estimate of drug-likeness (QED) is 0.296. The van der Waals surface area contributed by atoms with Crippen LogP contribution in [-0.2, 0) is 4.79 Å². The van der Waals surface area contributed by atoms with Crippen molar-refractivity contribution in [3.05, 3.63) is 92.4 Å². The van der Waals surface area contributed by atoms with Crippen LogP contribution >= 0.6 is 27.5 Å². The molecular formula is C26H20BrClN2O4. The zero-order valence-corrected chi connectivity index (χ0v) is 20.7. The highest BCUT2D eigenvalue weighted by molar-refractivity contribution is 9.10. The molecule has 1 aliphatic rings. The molecule has 0 spiro atoms. The third kappa shape index (κ3) is 4.76. The van der Waals surface area contributed by atoms with Gasteiger partial charge < -0.3 is 10.1 Å². The number of anilines is 2. The smallest absolute Gasteiger partial charge is 0.266 e. The Morgan fingerprint density at radius 3 is 2.56 bits per heavy atom. The number of fused-ring (bicyclic) bond motifs is 1. The Morgan fingerprint density at radius 2 is 1.82 bits per heavy atom. The van der Waals surface area contributed by atoms with Gasteiger partial charge in [-0.2, -0.15) is 0 Å². The van der Waals surface area contributed by atoms with Gasteiger partial charge in [-0.15, -0.1) is 0 Å². The zero-order chi connectivity index (χ0) is 24.4. The van der Waals surface area contributed by atoms with Gasteiger partial charge in [-0.05, 0) is 80.1 Å². The zero-order valence-electron chi connectivity index (χ0n) is 18.4. The summed E-state index contributed by atoms with van der Waals surface area (Å²) in [7, 11) is 0. The van der Waals surface area contributed by atoms with Crippen molar-refractivity contribution >= 4 is 62.7 Å². The number of amides is 3. The van der Waals surface area contributed by atoms with Gasteiger partial charge in [0.25, 0.3) is 11.8 Å². The molecule has 0 saturated carbocycles. The van der Waals surface area contributed by atoms with E-state index in [2.05, 4.69) is 21.2 Å². The second-order valence-electron chi connectivity index (χ2n) is 7.57. The van der Waals surface area contributed by atoms with Crippen LogP contribution in [0.2, 0.25) is 5.02 Å². The van der Waals surface area contributed by atoms with Crippen LogP contribution in [0.1, 0.15) is 38.8 Å². The minimum Gasteiger partial charge on any atom is -0.493 e. The van der Waals surface area contributed by atoms with Gasteiger partial charge in [-0.1, -0.05) is 27.5 Å². The summed E-state index contributed by atoms with van der Waals surface area (Å²) in [5.74, 6) is -0.481. The molecule has 8 heteroatoms.